The minimum Gasteiger partial charge on any atom is -0.349 e. The molecule has 1 fully saturated rings. The van der Waals surface area contributed by atoms with Gasteiger partial charge in [0.05, 0.1) is 22.6 Å². The summed E-state index contributed by atoms with van der Waals surface area (Å²) in [5, 5.41) is 7.81. The summed E-state index contributed by atoms with van der Waals surface area (Å²) in [6.07, 6.45) is 3.24. The number of likely N-dealkylation sites (tertiary alicyclic amines) is 1. The van der Waals surface area contributed by atoms with E-state index < -0.39 is 0 Å². The van der Waals surface area contributed by atoms with Gasteiger partial charge in [0.15, 0.2) is 0 Å². The lowest BCUT2D eigenvalue weighted by Gasteiger charge is -2.32. The molecule has 0 atom stereocenters. The van der Waals surface area contributed by atoms with E-state index in [9.17, 15) is 13.6 Å². The molecule has 1 amide bonds. The first-order chi connectivity index (χ1) is 17.9. The molecule has 0 aliphatic carbocycles. The van der Waals surface area contributed by atoms with Crippen molar-refractivity contribution < 1.29 is 13.6 Å². The average molecular weight is 502 g/mol. The number of benzene rings is 2. The summed E-state index contributed by atoms with van der Waals surface area (Å²) in [6, 6.07) is 16.1. The Bertz CT molecular complexity index is 1390. The Morgan fingerprint density at radius 2 is 1.76 bits per heavy atom. The molecule has 6 nitrogen and oxygen atoms in total. The van der Waals surface area contributed by atoms with Gasteiger partial charge in [-0.1, -0.05) is 12.1 Å². The molecule has 1 aliphatic rings. The number of halogens is 2. The van der Waals surface area contributed by atoms with Crippen LogP contribution in [0.2, 0.25) is 0 Å². The molecule has 190 valence electrons. The number of rotatable bonds is 6. The quantitative estimate of drug-likeness (QED) is 0.393. The fourth-order valence-electron chi connectivity index (χ4n) is 4.81. The molecule has 3 heterocycles. The Balaban J connectivity index is 1.16. The highest BCUT2D eigenvalue weighted by Crippen LogP contribution is 2.22. The largest absolute Gasteiger partial charge is 0.349 e. The topological polar surface area (TPSA) is 63.1 Å². The first kappa shape index (κ1) is 24.8. The number of piperidine rings is 1. The lowest BCUT2D eigenvalue weighted by atomic mass is 10.0. The lowest BCUT2D eigenvalue weighted by molar-refractivity contribution is 0.0908. The third kappa shape index (κ3) is 5.59. The number of hydrogen-bond donors (Lipinski definition) is 1. The maximum atomic E-state index is 13.5. The SMILES string of the molecule is Cc1nn(-c2ccc(F)cc2)c(C)c1CN1CCC(NC(=O)c2ccc(-c3cccc(F)c3)nc2)CC1. The molecule has 0 radical (unpaired) electrons. The molecule has 1 aliphatic heterocycles. The zero-order chi connectivity index (χ0) is 25.9. The Labute approximate surface area is 215 Å². The summed E-state index contributed by atoms with van der Waals surface area (Å²) in [5.41, 5.74) is 5.82. The van der Waals surface area contributed by atoms with Crippen LogP contribution in [0.1, 0.15) is 40.2 Å². The molecule has 0 bridgehead atoms. The minimum absolute atomic E-state index is 0.0933. The van der Waals surface area contributed by atoms with Gasteiger partial charge in [0.2, 0.25) is 0 Å². The second-order valence-corrected chi connectivity index (χ2v) is 9.50. The Hall–Kier alpha value is -3.91. The minimum atomic E-state index is -0.320. The summed E-state index contributed by atoms with van der Waals surface area (Å²) in [4.78, 5) is 19.5. The fourth-order valence-corrected chi connectivity index (χ4v) is 4.81. The Morgan fingerprint density at radius 3 is 2.43 bits per heavy atom. The van der Waals surface area contributed by atoms with Gasteiger partial charge in [0.1, 0.15) is 11.6 Å². The third-order valence-electron chi connectivity index (χ3n) is 6.96. The summed E-state index contributed by atoms with van der Waals surface area (Å²) in [7, 11) is 0. The monoisotopic (exact) mass is 501 g/mol. The molecule has 0 unspecified atom stereocenters. The van der Waals surface area contributed by atoms with Crippen molar-refractivity contribution in [2.45, 2.75) is 39.3 Å². The van der Waals surface area contributed by atoms with E-state index in [0.717, 1.165) is 49.6 Å². The first-order valence-corrected chi connectivity index (χ1v) is 12.4. The summed E-state index contributed by atoms with van der Waals surface area (Å²) < 4.78 is 28.7. The van der Waals surface area contributed by atoms with Crippen LogP contribution < -0.4 is 5.32 Å². The van der Waals surface area contributed by atoms with E-state index in [4.69, 9.17) is 0 Å². The molecule has 0 saturated carbocycles. The fraction of sp³-hybridized carbons (Fsp3) is 0.276. The van der Waals surface area contributed by atoms with Gasteiger partial charge in [-0.2, -0.15) is 5.10 Å². The maximum Gasteiger partial charge on any atom is 0.253 e. The first-order valence-electron chi connectivity index (χ1n) is 12.4. The molecule has 2 aromatic carbocycles. The van der Waals surface area contributed by atoms with Crippen LogP contribution >= 0.6 is 0 Å². The number of amides is 1. The number of hydrogen-bond acceptors (Lipinski definition) is 4. The molecular formula is C29H29F2N5O. The number of aromatic nitrogens is 3. The number of carbonyl (C=O) groups excluding carboxylic acids is 1. The van der Waals surface area contributed by atoms with Crippen molar-refractivity contribution in [2.75, 3.05) is 13.1 Å². The molecule has 8 heteroatoms. The van der Waals surface area contributed by atoms with Crippen molar-refractivity contribution in [3.05, 3.63) is 101 Å². The van der Waals surface area contributed by atoms with Gasteiger partial charge < -0.3 is 5.32 Å². The van der Waals surface area contributed by atoms with Gasteiger partial charge >= 0.3 is 0 Å². The van der Waals surface area contributed by atoms with Crippen molar-refractivity contribution in [1.82, 2.24) is 25.0 Å². The van der Waals surface area contributed by atoms with Crippen LogP contribution in [0.15, 0.2) is 66.9 Å². The Kier molecular flexibility index (Phi) is 7.10. The van der Waals surface area contributed by atoms with E-state index in [1.54, 1.807) is 36.4 Å². The smallest absolute Gasteiger partial charge is 0.253 e. The highest BCUT2D eigenvalue weighted by atomic mass is 19.1. The van der Waals surface area contributed by atoms with Crippen LogP contribution in [0.5, 0.6) is 0 Å². The molecule has 0 spiro atoms. The van der Waals surface area contributed by atoms with E-state index in [1.165, 1.54) is 36.0 Å². The van der Waals surface area contributed by atoms with E-state index in [1.807, 2.05) is 18.5 Å². The standard InChI is InChI=1S/C29H29F2N5O/c1-19-27(20(2)36(34-19)26-9-7-23(30)8-10-26)18-35-14-12-25(13-15-35)33-29(37)22-6-11-28(32-17-22)21-4-3-5-24(31)16-21/h3-11,16-17,25H,12-15,18H2,1-2H3,(H,33,37). The molecular weight excluding hydrogens is 472 g/mol. The molecule has 1 N–H and O–H groups in total. The summed E-state index contributed by atoms with van der Waals surface area (Å²) in [6.45, 7) is 6.55. The Morgan fingerprint density at radius 1 is 1.00 bits per heavy atom. The molecule has 4 aromatic rings. The van der Waals surface area contributed by atoms with Crippen molar-refractivity contribution >= 4 is 5.91 Å². The van der Waals surface area contributed by atoms with Crippen LogP contribution in [0.4, 0.5) is 8.78 Å². The van der Waals surface area contributed by atoms with Gasteiger partial charge in [-0.15, -0.1) is 0 Å². The van der Waals surface area contributed by atoms with Crippen LogP contribution in [-0.4, -0.2) is 44.7 Å². The number of pyridine rings is 1. The molecule has 2 aromatic heterocycles. The van der Waals surface area contributed by atoms with Crippen LogP contribution in [0.3, 0.4) is 0 Å². The van der Waals surface area contributed by atoms with Crippen molar-refractivity contribution in [3.63, 3.8) is 0 Å². The van der Waals surface area contributed by atoms with Gasteiger partial charge in [0, 0.05) is 48.7 Å². The average Bonchev–Trinajstić information content (AvgIpc) is 3.18. The van der Waals surface area contributed by atoms with Crippen LogP contribution in [0, 0.1) is 25.5 Å². The van der Waals surface area contributed by atoms with Gasteiger partial charge in [-0.05, 0) is 75.2 Å². The molecule has 1 saturated heterocycles. The second kappa shape index (κ2) is 10.6. The van der Waals surface area contributed by atoms with Crippen molar-refractivity contribution in [3.8, 4) is 16.9 Å². The summed E-state index contributed by atoms with van der Waals surface area (Å²) >= 11 is 0. The third-order valence-corrected chi connectivity index (χ3v) is 6.96. The number of carbonyl (C=O) groups is 1. The predicted octanol–water partition coefficient (Wildman–Crippen LogP) is 5.22. The van der Waals surface area contributed by atoms with Crippen LogP contribution in [-0.2, 0) is 6.54 Å². The van der Waals surface area contributed by atoms with E-state index in [0.29, 0.717) is 16.8 Å². The van der Waals surface area contributed by atoms with E-state index >= 15 is 0 Å². The lowest BCUT2D eigenvalue weighted by Crippen LogP contribution is -2.44. The maximum absolute atomic E-state index is 13.5. The zero-order valence-corrected chi connectivity index (χ0v) is 20.9. The molecule has 37 heavy (non-hydrogen) atoms. The van der Waals surface area contributed by atoms with E-state index in [-0.39, 0.29) is 23.6 Å². The highest BCUT2D eigenvalue weighted by molar-refractivity contribution is 5.94. The molecule has 5 rings (SSSR count). The number of nitrogens with zero attached hydrogens (tertiary/aromatic N) is 4. The van der Waals surface area contributed by atoms with Crippen molar-refractivity contribution in [1.29, 1.82) is 0 Å². The normalized spacial score (nSPS) is 14.6. The highest BCUT2D eigenvalue weighted by Gasteiger charge is 2.23. The van der Waals surface area contributed by atoms with Crippen molar-refractivity contribution in [2.24, 2.45) is 0 Å². The van der Waals surface area contributed by atoms with Gasteiger partial charge in [-0.25, -0.2) is 13.5 Å². The second-order valence-electron chi connectivity index (χ2n) is 9.50. The van der Waals surface area contributed by atoms with Gasteiger partial charge in [-0.3, -0.25) is 14.7 Å². The van der Waals surface area contributed by atoms with Gasteiger partial charge in [0.25, 0.3) is 5.91 Å². The van der Waals surface area contributed by atoms with Crippen LogP contribution in [0.25, 0.3) is 16.9 Å². The number of aryl methyl sites for hydroxylation is 1. The zero-order valence-electron chi connectivity index (χ0n) is 20.9. The number of nitrogens with one attached hydrogen (secondary N) is 1. The summed E-state index contributed by atoms with van der Waals surface area (Å²) in [5.74, 6) is -0.735. The van der Waals surface area contributed by atoms with E-state index in [2.05, 4.69) is 20.3 Å². The predicted molar refractivity (Wildman–Crippen MR) is 138 cm³/mol.